The monoisotopic (exact) mass is 770 g/mol. The van der Waals surface area contributed by atoms with E-state index in [1.165, 1.54) is 20.7 Å². The van der Waals surface area contributed by atoms with Crippen molar-refractivity contribution in [3.8, 4) is 22.3 Å². The highest BCUT2D eigenvalue weighted by Gasteiger charge is 2.41. The van der Waals surface area contributed by atoms with Gasteiger partial charge in [0.1, 0.15) is 11.2 Å². The van der Waals surface area contributed by atoms with Crippen molar-refractivity contribution in [3.05, 3.63) is 242 Å². The lowest BCUT2D eigenvalue weighted by atomic mass is 10.0. The summed E-state index contributed by atoms with van der Waals surface area (Å²) < 4.78 is 7.00. The summed E-state index contributed by atoms with van der Waals surface area (Å²) in [5.74, 6) is 0. The number of hydrogen-bond acceptors (Lipinski definition) is 2. The number of nitrogens with zero attached hydrogens (tertiary/aromatic N) is 2. The topological polar surface area (TPSA) is 20.7 Å². The number of furan rings is 1. The standard InChI is InChI=1S/C55H38N2OSi/c1-56-51-38-39-52(55-53(51)50-29-17-28-49(54(50)58-55)42-20-9-3-10-21-42)57(43-32-30-41(31-33-43)40-18-7-2-8-19-40)44-34-36-48(37-35-44)59(45-22-11-4-12-23-45,46-24-13-5-14-25-46)47-26-15-6-16-27-47/h2-39H. The third-order valence-corrected chi connectivity index (χ3v) is 16.3. The van der Waals surface area contributed by atoms with Crippen molar-refractivity contribution < 1.29 is 4.42 Å². The van der Waals surface area contributed by atoms with E-state index in [-0.39, 0.29) is 0 Å². The van der Waals surface area contributed by atoms with Crippen molar-refractivity contribution in [2.24, 2.45) is 0 Å². The van der Waals surface area contributed by atoms with Gasteiger partial charge in [-0.15, -0.1) is 0 Å². The SMILES string of the molecule is [C-]#[N+]c1ccc(N(c2ccc(-c3ccccc3)cc2)c2ccc([Si](c3ccccc3)(c3ccccc3)c3ccccc3)cc2)c2oc3c(-c4ccccc4)cccc3c12. The molecule has 0 unspecified atom stereocenters. The van der Waals surface area contributed by atoms with Crippen LogP contribution in [0.5, 0.6) is 0 Å². The number of fused-ring (bicyclic) bond motifs is 3. The third-order valence-electron chi connectivity index (χ3n) is 11.5. The van der Waals surface area contributed by atoms with Crippen molar-refractivity contribution in [2.75, 3.05) is 4.90 Å². The lowest BCUT2D eigenvalue weighted by Crippen LogP contribution is -2.74. The Balaban J connectivity index is 1.20. The predicted molar refractivity (Wildman–Crippen MR) is 249 cm³/mol. The molecule has 0 saturated heterocycles. The Morgan fingerprint density at radius 3 is 1.37 bits per heavy atom. The second-order valence-corrected chi connectivity index (χ2v) is 18.5. The molecule has 1 aromatic heterocycles. The first kappa shape index (κ1) is 35.7. The number of rotatable bonds is 9. The predicted octanol–water partition coefficient (Wildman–Crippen LogP) is 12.3. The summed E-state index contributed by atoms with van der Waals surface area (Å²) in [5.41, 5.74) is 9.19. The maximum atomic E-state index is 8.24. The Morgan fingerprint density at radius 2 is 0.847 bits per heavy atom. The maximum Gasteiger partial charge on any atom is 0.198 e. The quantitative estimate of drug-likeness (QED) is 0.0828. The van der Waals surface area contributed by atoms with Crippen LogP contribution in [0.1, 0.15) is 0 Å². The summed E-state index contributed by atoms with van der Waals surface area (Å²) in [4.78, 5) is 6.29. The van der Waals surface area contributed by atoms with Crippen LogP contribution in [0, 0.1) is 6.57 Å². The summed E-state index contributed by atoms with van der Waals surface area (Å²) in [6.45, 7) is 8.24. The average Bonchev–Trinajstić information content (AvgIpc) is 3.72. The normalized spacial score (nSPS) is 11.4. The lowest BCUT2D eigenvalue weighted by molar-refractivity contribution is 0.670. The van der Waals surface area contributed by atoms with Crippen LogP contribution >= 0.6 is 0 Å². The van der Waals surface area contributed by atoms with E-state index >= 15 is 0 Å². The van der Waals surface area contributed by atoms with Gasteiger partial charge in [0.05, 0.1) is 12.3 Å². The molecule has 0 radical (unpaired) electrons. The molecule has 0 atom stereocenters. The van der Waals surface area contributed by atoms with Gasteiger partial charge in [0.15, 0.2) is 13.8 Å². The summed E-state index contributed by atoms with van der Waals surface area (Å²) in [6.07, 6.45) is 0. The molecular formula is C55H38N2OSi. The van der Waals surface area contributed by atoms with E-state index in [2.05, 4.69) is 204 Å². The van der Waals surface area contributed by atoms with Crippen LogP contribution in [0.25, 0.3) is 49.0 Å². The van der Waals surface area contributed by atoms with Crippen molar-refractivity contribution in [1.29, 1.82) is 0 Å². The molecule has 0 spiro atoms. The zero-order valence-electron chi connectivity index (χ0n) is 32.2. The average molecular weight is 771 g/mol. The van der Waals surface area contributed by atoms with Crippen LogP contribution in [0.3, 0.4) is 0 Å². The fourth-order valence-corrected chi connectivity index (χ4v) is 13.5. The zero-order valence-corrected chi connectivity index (χ0v) is 33.2. The van der Waals surface area contributed by atoms with Crippen LogP contribution < -0.4 is 25.6 Å². The Kier molecular flexibility index (Phi) is 9.27. The van der Waals surface area contributed by atoms with Crippen molar-refractivity contribution in [1.82, 2.24) is 0 Å². The first-order valence-corrected chi connectivity index (χ1v) is 21.9. The summed E-state index contributed by atoms with van der Waals surface area (Å²) in [6, 6.07) is 81.9. The van der Waals surface area contributed by atoms with Gasteiger partial charge in [0, 0.05) is 27.7 Å². The molecule has 10 rings (SSSR count). The minimum atomic E-state index is -2.75. The van der Waals surface area contributed by atoms with E-state index in [0.717, 1.165) is 55.7 Å². The Morgan fingerprint density at radius 1 is 0.390 bits per heavy atom. The zero-order chi connectivity index (χ0) is 39.6. The largest absolute Gasteiger partial charge is 0.455 e. The van der Waals surface area contributed by atoms with E-state index in [4.69, 9.17) is 11.0 Å². The third kappa shape index (κ3) is 6.22. The second kappa shape index (κ2) is 15.3. The van der Waals surface area contributed by atoms with Crippen LogP contribution in [-0.2, 0) is 0 Å². The molecule has 59 heavy (non-hydrogen) atoms. The summed E-state index contributed by atoms with van der Waals surface area (Å²) in [5, 5.41) is 7.00. The summed E-state index contributed by atoms with van der Waals surface area (Å²) in [7, 11) is -2.75. The van der Waals surface area contributed by atoms with Gasteiger partial charge < -0.3 is 9.32 Å². The van der Waals surface area contributed by atoms with Crippen LogP contribution in [-0.4, -0.2) is 8.07 Å². The molecule has 0 N–H and O–H groups in total. The summed E-state index contributed by atoms with van der Waals surface area (Å²) >= 11 is 0. The highest BCUT2D eigenvalue weighted by Crippen LogP contribution is 2.47. The van der Waals surface area contributed by atoms with E-state index < -0.39 is 8.07 Å². The number of para-hydroxylation sites is 1. The highest BCUT2D eigenvalue weighted by molar-refractivity contribution is 7.19. The minimum absolute atomic E-state index is 0.562. The minimum Gasteiger partial charge on any atom is -0.455 e. The molecule has 0 fully saturated rings. The van der Waals surface area contributed by atoms with Gasteiger partial charge in [-0.2, -0.15) is 0 Å². The second-order valence-electron chi connectivity index (χ2n) is 14.7. The van der Waals surface area contributed by atoms with Crippen LogP contribution in [0.2, 0.25) is 0 Å². The molecular weight excluding hydrogens is 733 g/mol. The van der Waals surface area contributed by atoms with E-state index in [9.17, 15) is 0 Å². The van der Waals surface area contributed by atoms with Gasteiger partial charge in [0.2, 0.25) is 0 Å². The molecule has 278 valence electrons. The van der Waals surface area contributed by atoms with Gasteiger partial charge >= 0.3 is 0 Å². The Bertz CT molecular complexity index is 2970. The molecule has 10 aromatic rings. The molecule has 4 heteroatoms. The van der Waals surface area contributed by atoms with Gasteiger partial charge in [-0.05, 0) is 67.8 Å². The smallest absolute Gasteiger partial charge is 0.198 e. The van der Waals surface area contributed by atoms with Crippen LogP contribution in [0.4, 0.5) is 22.7 Å². The van der Waals surface area contributed by atoms with Gasteiger partial charge in [-0.1, -0.05) is 200 Å². The van der Waals surface area contributed by atoms with Crippen molar-refractivity contribution in [2.45, 2.75) is 0 Å². The molecule has 1 heterocycles. The molecule has 0 aliphatic rings. The van der Waals surface area contributed by atoms with Gasteiger partial charge in [-0.3, -0.25) is 0 Å². The highest BCUT2D eigenvalue weighted by atomic mass is 28.3. The van der Waals surface area contributed by atoms with Crippen molar-refractivity contribution >= 4 is 73.5 Å². The molecule has 0 aliphatic heterocycles. The van der Waals surface area contributed by atoms with E-state index in [1.54, 1.807) is 0 Å². The number of hydrogen-bond donors (Lipinski definition) is 0. The fraction of sp³-hybridized carbons (Fsp3) is 0. The molecule has 3 nitrogen and oxygen atoms in total. The van der Waals surface area contributed by atoms with Crippen molar-refractivity contribution in [3.63, 3.8) is 0 Å². The Hall–Kier alpha value is -7.71. The molecule has 0 bridgehead atoms. The van der Waals surface area contributed by atoms with Crippen LogP contribution in [0.15, 0.2) is 235 Å². The fourth-order valence-electron chi connectivity index (χ4n) is 8.77. The van der Waals surface area contributed by atoms with E-state index in [1.807, 2.05) is 36.4 Å². The van der Waals surface area contributed by atoms with Gasteiger partial charge in [0.25, 0.3) is 0 Å². The first-order valence-electron chi connectivity index (χ1n) is 19.9. The number of anilines is 3. The molecule has 0 saturated carbocycles. The van der Waals surface area contributed by atoms with Gasteiger partial charge in [-0.25, -0.2) is 4.85 Å². The molecule has 0 amide bonds. The maximum absolute atomic E-state index is 8.24. The molecule has 9 aromatic carbocycles. The lowest BCUT2D eigenvalue weighted by Gasteiger charge is -2.35. The molecule has 0 aliphatic carbocycles. The van der Waals surface area contributed by atoms with E-state index in [0.29, 0.717) is 11.3 Å². The first-order chi connectivity index (χ1) is 29.2. The Labute approximate surface area is 345 Å². The number of benzene rings is 9.